The molecule has 0 spiro atoms. The third-order valence-corrected chi connectivity index (χ3v) is 3.11. The molecule has 2 heterocycles. The Morgan fingerprint density at radius 2 is 2.19 bits per heavy atom. The van der Waals surface area contributed by atoms with Crippen LogP contribution in [0.5, 0.6) is 0 Å². The van der Waals surface area contributed by atoms with Gasteiger partial charge in [-0.2, -0.15) is 4.98 Å². The fourth-order valence-corrected chi connectivity index (χ4v) is 2.05. The van der Waals surface area contributed by atoms with E-state index in [0.29, 0.717) is 11.7 Å². The predicted molar refractivity (Wildman–Crippen MR) is 75.1 cm³/mol. The summed E-state index contributed by atoms with van der Waals surface area (Å²) in [6, 6.07) is 9.00. The maximum Gasteiger partial charge on any atom is 0.273 e. The van der Waals surface area contributed by atoms with Gasteiger partial charge in [0.05, 0.1) is 6.54 Å². The molecule has 0 unspecified atom stereocenters. The number of carbonyl (C=O) groups excluding carboxylic acids is 1. The van der Waals surface area contributed by atoms with Crippen LogP contribution >= 0.6 is 15.9 Å². The Balaban J connectivity index is 1.67. The van der Waals surface area contributed by atoms with Gasteiger partial charge in [0.1, 0.15) is 6.26 Å². The Morgan fingerprint density at radius 1 is 1.29 bits per heavy atom. The summed E-state index contributed by atoms with van der Waals surface area (Å²) in [7, 11) is 0. The van der Waals surface area contributed by atoms with Crippen LogP contribution in [0.25, 0.3) is 11.4 Å². The van der Waals surface area contributed by atoms with E-state index in [1.54, 1.807) is 0 Å². The second-order valence-corrected chi connectivity index (χ2v) is 5.01. The Bertz CT molecular complexity index is 754. The lowest BCUT2D eigenvalue weighted by molar-refractivity contribution is 0.0937. The van der Waals surface area contributed by atoms with Gasteiger partial charge < -0.3 is 14.4 Å². The minimum Gasteiger partial charge on any atom is -0.364 e. The summed E-state index contributed by atoms with van der Waals surface area (Å²) in [6.07, 6.45) is 1.33. The lowest BCUT2D eigenvalue weighted by Crippen LogP contribution is -2.23. The summed E-state index contributed by atoms with van der Waals surface area (Å²) < 4.78 is 10.6. The zero-order valence-electron chi connectivity index (χ0n) is 10.6. The van der Waals surface area contributed by atoms with Gasteiger partial charge in [-0.05, 0) is 12.1 Å². The van der Waals surface area contributed by atoms with Gasteiger partial charge in [0.2, 0.25) is 11.7 Å². The Hall–Kier alpha value is -2.48. The first kappa shape index (κ1) is 13.5. The highest BCUT2D eigenvalue weighted by Gasteiger charge is 2.12. The molecule has 0 atom stereocenters. The fourth-order valence-electron chi connectivity index (χ4n) is 1.65. The number of benzene rings is 1. The maximum absolute atomic E-state index is 11.7. The molecule has 0 bridgehead atoms. The Kier molecular flexibility index (Phi) is 3.78. The van der Waals surface area contributed by atoms with Gasteiger partial charge in [0, 0.05) is 16.1 Å². The topological polar surface area (TPSA) is 94.1 Å². The molecular formula is C13H9BrN4O3. The van der Waals surface area contributed by atoms with Crippen LogP contribution in [-0.2, 0) is 6.54 Å². The summed E-state index contributed by atoms with van der Waals surface area (Å²) in [6.45, 7) is 0.118. The summed E-state index contributed by atoms with van der Waals surface area (Å²) in [4.78, 5) is 15.9. The molecular weight excluding hydrogens is 340 g/mol. The molecule has 0 saturated heterocycles. The van der Waals surface area contributed by atoms with Gasteiger partial charge in [0.25, 0.3) is 5.91 Å². The summed E-state index contributed by atoms with van der Waals surface area (Å²) in [5.74, 6) is 0.398. The van der Waals surface area contributed by atoms with Gasteiger partial charge in [0.15, 0.2) is 5.69 Å². The number of aromatic nitrogens is 3. The number of rotatable bonds is 4. The molecule has 1 N–H and O–H groups in total. The first-order valence-corrected chi connectivity index (χ1v) is 6.79. The van der Waals surface area contributed by atoms with Crippen molar-refractivity contribution in [2.75, 3.05) is 0 Å². The van der Waals surface area contributed by atoms with E-state index >= 15 is 0 Å². The van der Waals surface area contributed by atoms with Crippen LogP contribution in [-0.4, -0.2) is 21.2 Å². The first-order chi connectivity index (χ1) is 10.2. The van der Waals surface area contributed by atoms with Crippen molar-refractivity contribution in [3.63, 3.8) is 0 Å². The molecule has 3 aromatic rings. The highest BCUT2D eigenvalue weighted by atomic mass is 79.9. The molecule has 0 aliphatic rings. The van der Waals surface area contributed by atoms with E-state index < -0.39 is 0 Å². The van der Waals surface area contributed by atoms with E-state index in [-0.39, 0.29) is 18.1 Å². The molecule has 7 nitrogen and oxygen atoms in total. The highest BCUT2D eigenvalue weighted by molar-refractivity contribution is 9.10. The maximum atomic E-state index is 11.7. The number of hydrogen-bond donors (Lipinski definition) is 1. The van der Waals surface area contributed by atoms with E-state index in [4.69, 9.17) is 4.52 Å². The molecule has 106 valence electrons. The van der Waals surface area contributed by atoms with Crippen molar-refractivity contribution < 1.29 is 13.8 Å². The fraction of sp³-hybridized carbons (Fsp3) is 0.0769. The minimum absolute atomic E-state index is 0.118. The molecule has 1 amide bonds. The van der Waals surface area contributed by atoms with Crippen molar-refractivity contribution in [1.82, 2.24) is 20.6 Å². The van der Waals surface area contributed by atoms with E-state index in [1.165, 1.54) is 12.3 Å². The molecule has 0 radical (unpaired) electrons. The monoisotopic (exact) mass is 348 g/mol. The van der Waals surface area contributed by atoms with Gasteiger partial charge in [-0.15, -0.1) is 0 Å². The first-order valence-electron chi connectivity index (χ1n) is 5.99. The quantitative estimate of drug-likeness (QED) is 0.777. The summed E-state index contributed by atoms with van der Waals surface area (Å²) >= 11 is 3.38. The molecule has 0 aliphatic heterocycles. The van der Waals surface area contributed by atoms with Crippen molar-refractivity contribution in [1.29, 1.82) is 0 Å². The van der Waals surface area contributed by atoms with Gasteiger partial charge >= 0.3 is 0 Å². The lowest BCUT2D eigenvalue weighted by atomic mass is 10.2. The van der Waals surface area contributed by atoms with Crippen molar-refractivity contribution in [3.8, 4) is 11.4 Å². The van der Waals surface area contributed by atoms with Crippen molar-refractivity contribution in [3.05, 3.63) is 52.7 Å². The number of halogens is 1. The van der Waals surface area contributed by atoms with Gasteiger partial charge in [-0.1, -0.05) is 38.4 Å². The van der Waals surface area contributed by atoms with Crippen LogP contribution < -0.4 is 5.32 Å². The second kappa shape index (κ2) is 5.88. The predicted octanol–water partition coefficient (Wildman–Crippen LogP) is 2.42. The molecule has 1 aromatic carbocycles. The van der Waals surface area contributed by atoms with Crippen LogP contribution in [0.3, 0.4) is 0 Å². The molecule has 0 saturated carbocycles. The summed E-state index contributed by atoms with van der Waals surface area (Å²) in [5.41, 5.74) is 1.02. The van der Waals surface area contributed by atoms with Gasteiger partial charge in [-0.25, -0.2) is 0 Å². The Morgan fingerprint density at radius 3 is 2.95 bits per heavy atom. The van der Waals surface area contributed by atoms with Crippen molar-refractivity contribution >= 4 is 21.8 Å². The molecule has 3 rings (SSSR count). The third kappa shape index (κ3) is 3.16. The van der Waals surface area contributed by atoms with Crippen molar-refractivity contribution in [2.45, 2.75) is 6.54 Å². The molecule has 21 heavy (non-hydrogen) atoms. The zero-order valence-corrected chi connectivity index (χ0v) is 12.2. The number of carbonyl (C=O) groups is 1. The smallest absolute Gasteiger partial charge is 0.273 e. The molecule has 2 aromatic heterocycles. The van der Waals surface area contributed by atoms with Crippen LogP contribution in [0.15, 0.2) is 50.1 Å². The lowest BCUT2D eigenvalue weighted by Gasteiger charge is -1.97. The molecule has 8 heteroatoms. The second-order valence-electron chi connectivity index (χ2n) is 4.09. The van der Waals surface area contributed by atoms with Gasteiger partial charge in [-0.3, -0.25) is 4.79 Å². The number of nitrogens with zero attached hydrogens (tertiary/aromatic N) is 3. The normalized spacial score (nSPS) is 10.5. The van der Waals surface area contributed by atoms with Crippen molar-refractivity contribution in [2.24, 2.45) is 0 Å². The minimum atomic E-state index is -0.369. The largest absolute Gasteiger partial charge is 0.364 e. The highest BCUT2D eigenvalue weighted by Crippen LogP contribution is 2.20. The number of nitrogens with one attached hydrogen (secondary N) is 1. The van der Waals surface area contributed by atoms with Crippen LogP contribution in [0.1, 0.15) is 16.4 Å². The average Bonchev–Trinajstić information content (AvgIpc) is 3.16. The van der Waals surface area contributed by atoms with Crippen LogP contribution in [0.4, 0.5) is 0 Å². The number of hydrogen-bond acceptors (Lipinski definition) is 6. The zero-order chi connectivity index (χ0) is 14.7. The van der Waals surface area contributed by atoms with Crippen LogP contribution in [0, 0.1) is 0 Å². The number of amides is 1. The third-order valence-electron chi connectivity index (χ3n) is 2.62. The SMILES string of the molecule is O=C(NCc1nc(-c2cccc(Br)c2)no1)c1ccon1. The van der Waals surface area contributed by atoms with E-state index in [1.807, 2.05) is 24.3 Å². The standard InChI is InChI=1S/C13H9BrN4O3/c14-9-3-1-2-8(6-9)12-16-11(21-18-12)7-15-13(19)10-4-5-20-17-10/h1-6H,7H2,(H,15,19). The van der Waals surface area contributed by atoms with E-state index in [2.05, 4.69) is 41.1 Å². The summed E-state index contributed by atoms with van der Waals surface area (Å²) in [5, 5.41) is 10.0. The Labute approximate surface area is 127 Å². The molecule has 0 aliphatic carbocycles. The van der Waals surface area contributed by atoms with Crippen LogP contribution in [0.2, 0.25) is 0 Å². The van der Waals surface area contributed by atoms with E-state index in [9.17, 15) is 4.79 Å². The molecule has 0 fully saturated rings. The van der Waals surface area contributed by atoms with E-state index in [0.717, 1.165) is 10.0 Å². The average molecular weight is 349 g/mol.